The summed E-state index contributed by atoms with van der Waals surface area (Å²) in [6.07, 6.45) is 0. The quantitative estimate of drug-likeness (QED) is 0.147. The van der Waals surface area contributed by atoms with Crippen LogP contribution in [0.3, 0.4) is 0 Å². The van der Waals surface area contributed by atoms with Gasteiger partial charge in [0, 0.05) is 22.0 Å². The third kappa shape index (κ3) is 4.87. The number of fused-ring (bicyclic) bond motifs is 9. The normalized spacial score (nSPS) is 18.2. The Morgan fingerprint density at radius 1 is 0.451 bits per heavy atom. The van der Waals surface area contributed by atoms with Crippen LogP contribution in [-0.2, 0) is 5.41 Å². The molecule has 0 spiro atoms. The summed E-state index contributed by atoms with van der Waals surface area (Å²) in [5.41, 5.74) is 7.32. The minimum Gasteiger partial charge on any atom is -0.492 e. The first-order chi connectivity index (χ1) is 25.2. The summed E-state index contributed by atoms with van der Waals surface area (Å²) >= 11 is 3.94. The van der Waals surface area contributed by atoms with E-state index in [1.165, 1.54) is 88.0 Å². The van der Waals surface area contributed by atoms with Crippen LogP contribution in [0.15, 0.2) is 146 Å². The first-order valence-electron chi connectivity index (χ1n) is 17.8. The monoisotopic (exact) mass is 694 g/mol. The van der Waals surface area contributed by atoms with Crippen LogP contribution < -0.4 is 9.47 Å². The molecule has 4 heteroatoms. The van der Waals surface area contributed by atoms with Gasteiger partial charge >= 0.3 is 0 Å². The van der Waals surface area contributed by atoms with E-state index in [1.807, 2.05) is 23.5 Å². The second-order valence-electron chi connectivity index (χ2n) is 14.1. The van der Waals surface area contributed by atoms with Gasteiger partial charge in [0.05, 0.1) is 5.41 Å². The van der Waals surface area contributed by atoms with E-state index >= 15 is 0 Å². The molecule has 2 aliphatic heterocycles. The molecule has 0 bridgehead atoms. The highest BCUT2D eigenvalue weighted by molar-refractivity contribution is 8.07. The van der Waals surface area contributed by atoms with Crippen molar-refractivity contribution in [3.63, 3.8) is 0 Å². The summed E-state index contributed by atoms with van der Waals surface area (Å²) < 4.78 is 12.4. The van der Waals surface area contributed by atoms with Crippen molar-refractivity contribution in [1.82, 2.24) is 0 Å². The molecule has 0 N–H and O–H groups in total. The summed E-state index contributed by atoms with van der Waals surface area (Å²) in [6.45, 7) is 1.56. The Bertz CT molecular complexity index is 2500. The molecule has 0 amide bonds. The Hall–Kier alpha value is -4.90. The van der Waals surface area contributed by atoms with Crippen LogP contribution in [0.4, 0.5) is 0 Å². The zero-order valence-corrected chi connectivity index (χ0v) is 29.6. The Morgan fingerprint density at radius 3 is 1.33 bits per heavy atom. The van der Waals surface area contributed by atoms with Gasteiger partial charge in [-0.25, -0.2) is 0 Å². The molecular formula is C47H34O2S2. The summed E-state index contributed by atoms with van der Waals surface area (Å²) in [6, 6.07) is 54.6. The fraction of sp³-hybridized carbons (Fsp3) is 0.149. The SMILES string of the molecule is c1ccc2c3c(ccc2c1)C(c1ccc2cc(OCC4CS4)ccc2c1)(c1ccc2cc(OCC4CS4)ccc2c1)c1ccc2ccccc2c1-3. The van der Waals surface area contributed by atoms with Gasteiger partial charge in [0.25, 0.3) is 0 Å². The topological polar surface area (TPSA) is 18.5 Å². The van der Waals surface area contributed by atoms with E-state index in [-0.39, 0.29) is 0 Å². The first-order valence-corrected chi connectivity index (χ1v) is 19.9. The van der Waals surface area contributed by atoms with Gasteiger partial charge in [-0.1, -0.05) is 109 Å². The van der Waals surface area contributed by atoms with E-state index in [9.17, 15) is 0 Å². The standard InChI is InChI=1S/C47H34O2S2/c1-3-7-41-29(5-1)13-19-43-45(41)46-42-8-4-2-6-30(42)14-20-44(46)47(43,35-15-9-33-23-37(17-11-31(33)21-35)48-25-39-27-50-39)36-16-10-34-24-38(18-12-32(34)22-36)49-26-40-28-51-40/h1-24,39-40H,25-28H2. The maximum absolute atomic E-state index is 6.18. The van der Waals surface area contributed by atoms with Gasteiger partial charge in [-0.15, -0.1) is 0 Å². The molecule has 0 aromatic heterocycles. The van der Waals surface area contributed by atoms with Crippen molar-refractivity contribution >= 4 is 66.6 Å². The van der Waals surface area contributed by atoms with Gasteiger partial charge in [-0.2, -0.15) is 23.5 Å². The summed E-state index contributed by atoms with van der Waals surface area (Å²) in [4.78, 5) is 0. The van der Waals surface area contributed by atoms with Crippen molar-refractivity contribution in [3.8, 4) is 22.6 Å². The average Bonchev–Trinajstić information content (AvgIpc) is 4.13. The molecule has 3 aliphatic rings. The highest BCUT2D eigenvalue weighted by Crippen LogP contribution is 2.60. The number of rotatable bonds is 8. The van der Waals surface area contributed by atoms with E-state index in [0.29, 0.717) is 10.5 Å². The molecule has 0 radical (unpaired) electrons. The molecule has 1 aliphatic carbocycles. The number of hydrogen-bond donors (Lipinski definition) is 0. The lowest BCUT2D eigenvalue weighted by Crippen LogP contribution is -2.28. The van der Waals surface area contributed by atoms with Gasteiger partial charge < -0.3 is 9.47 Å². The van der Waals surface area contributed by atoms with Gasteiger partial charge in [-0.05, 0) is 113 Å². The Balaban J connectivity index is 1.18. The predicted octanol–water partition coefficient (Wildman–Crippen LogP) is 11.7. The van der Waals surface area contributed by atoms with Crippen molar-refractivity contribution in [2.75, 3.05) is 24.7 Å². The average molecular weight is 695 g/mol. The molecule has 2 fully saturated rings. The summed E-state index contributed by atoms with van der Waals surface area (Å²) in [5, 5.41) is 11.2. The van der Waals surface area contributed by atoms with Gasteiger partial charge in [0.15, 0.2) is 0 Å². The number of thioether (sulfide) groups is 2. The maximum atomic E-state index is 6.18. The van der Waals surface area contributed by atoms with Gasteiger partial charge in [0.1, 0.15) is 24.7 Å². The highest BCUT2D eigenvalue weighted by Gasteiger charge is 2.47. The van der Waals surface area contributed by atoms with E-state index in [1.54, 1.807) is 0 Å². The van der Waals surface area contributed by atoms with E-state index in [2.05, 4.69) is 146 Å². The summed E-state index contributed by atoms with van der Waals surface area (Å²) in [7, 11) is 0. The number of benzene rings is 8. The number of ether oxygens (including phenoxy) is 2. The van der Waals surface area contributed by atoms with Gasteiger partial charge in [-0.3, -0.25) is 0 Å². The molecule has 2 saturated heterocycles. The van der Waals surface area contributed by atoms with E-state index in [0.717, 1.165) is 24.7 Å². The van der Waals surface area contributed by atoms with Crippen LogP contribution in [0.25, 0.3) is 54.2 Å². The molecule has 2 unspecified atom stereocenters. The largest absolute Gasteiger partial charge is 0.492 e. The molecule has 2 heterocycles. The van der Waals surface area contributed by atoms with Gasteiger partial charge in [0.2, 0.25) is 0 Å². The fourth-order valence-corrected chi connectivity index (χ4v) is 9.23. The Morgan fingerprint density at radius 2 is 0.863 bits per heavy atom. The lowest BCUT2D eigenvalue weighted by molar-refractivity contribution is 0.330. The van der Waals surface area contributed by atoms with Crippen LogP contribution in [-0.4, -0.2) is 35.2 Å². The zero-order chi connectivity index (χ0) is 33.5. The molecule has 246 valence electrons. The lowest BCUT2D eigenvalue weighted by Gasteiger charge is -2.34. The van der Waals surface area contributed by atoms with Crippen LogP contribution in [0.5, 0.6) is 11.5 Å². The molecule has 11 rings (SSSR count). The second kappa shape index (κ2) is 11.6. The van der Waals surface area contributed by atoms with Crippen LogP contribution in [0, 0.1) is 0 Å². The molecule has 51 heavy (non-hydrogen) atoms. The minimum atomic E-state index is -0.544. The van der Waals surface area contributed by atoms with Crippen LogP contribution >= 0.6 is 23.5 Å². The van der Waals surface area contributed by atoms with Crippen molar-refractivity contribution in [1.29, 1.82) is 0 Å². The molecule has 2 nitrogen and oxygen atoms in total. The Kier molecular flexibility index (Phi) is 6.75. The predicted molar refractivity (Wildman–Crippen MR) is 217 cm³/mol. The first kappa shape index (κ1) is 29.8. The molecule has 8 aromatic carbocycles. The molecule has 0 saturated carbocycles. The van der Waals surface area contributed by atoms with Crippen molar-refractivity contribution in [2.45, 2.75) is 15.9 Å². The molecular weight excluding hydrogens is 661 g/mol. The maximum Gasteiger partial charge on any atom is 0.119 e. The smallest absolute Gasteiger partial charge is 0.119 e. The van der Waals surface area contributed by atoms with Crippen molar-refractivity contribution in [2.24, 2.45) is 0 Å². The molecule has 8 aromatic rings. The fourth-order valence-electron chi connectivity index (χ4n) is 8.44. The van der Waals surface area contributed by atoms with Crippen LogP contribution in [0.1, 0.15) is 22.3 Å². The van der Waals surface area contributed by atoms with E-state index in [4.69, 9.17) is 9.47 Å². The van der Waals surface area contributed by atoms with Crippen molar-refractivity contribution < 1.29 is 9.47 Å². The minimum absolute atomic E-state index is 0.544. The number of hydrogen-bond acceptors (Lipinski definition) is 4. The van der Waals surface area contributed by atoms with Crippen LogP contribution in [0.2, 0.25) is 0 Å². The highest BCUT2D eigenvalue weighted by atomic mass is 32.2. The third-order valence-corrected chi connectivity index (χ3v) is 13.0. The molecule has 2 atom stereocenters. The Labute approximate surface area is 305 Å². The lowest BCUT2D eigenvalue weighted by atomic mass is 9.67. The third-order valence-electron chi connectivity index (χ3n) is 11.1. The van der Waals surface area contributed by atoms with E-state index < -0.39 is 5.41 Å². The zero-order valence-electron chi connectivity index (χ0n) is 28.0. The van der Waals surface area contributed by atoms with Crippen molar-refractivity contribution in [3.05, 3.63) is 168 Å². The second-order valence-corrected chi connectivity index (χ2v) is 16.8. The summed E-state index contributed by atoms with van der Waals surface area (Å²) in [5.74, 6) is 4.30.